The molecule has 80 valence electrons. The number of hydrogen-bond acceptors (Lipinski definition) is 4. The Balaban J connectivity index is -0.0000000335. The third kappa shape index (κ3) is 18.1. The minimum Gasteiger partial charge on any atom is -0.344 e. The van der Waals surface area contributed by atoms with Crippen LogP contribution in [0, 0.1) is 6.92 Å². The second-order valence-corrected chi connectivity index (χ2v) is 1.65. The van der Waals surface area contributed by atoms with Crippen LogP contribution in [0.5, 0.6) is 0 Å². The fourth-order valence-electron chi connectivity index (χ4n) is 0.534. The van der Waals surface area contributed by atoms with Gasteiger partial charge in [-0.25, -0.2) is 0 Å². The Morgan fingerprint density at radius 1 is 0.769 bits per heavy atom. The molecule has 12 N–H and O–H groups in total. The summed E-state index contributed by atoms with van der Waals surface area (Å²) in [6, 6.07) is 10.3. The molecule has 4 nitrogen and oxygen atoms in total. The Hall–Kier alpha value is -1.20. The summed E-state index contributed by atoms with van der Waals surface area (Å²) in [5.74, 6) is 0. The van der Waals surface area contributed by atoms with E-state index >= 15 is 0 Å². The fourth-order valence-corrected chi connectivity index (χ4v) is 0.534. The zero-order chi connectivity index (χ0) is 7.11. The van der Waals surface area contributed by atoms with Crippen molar-refractivity contribution < 1.29 is 0 Å². The van der Waals surface area contributed by atoms with Gasteiger partial charge in [0, 0.05) is 0 Å². The lowest BCUT2D eigenvalue weighted by molar-refractivity contribution is 1.48. The van der Waals surface area contributed by atoms with Crippen LogP contribution < -0.4 is 24.6 Å². The highest BCUT2D eigenvalue weighted by Crippen LogP contribution is 1.92. The number of benzene rings is 1. The van der Waals surface area contributed by atoms with Gasteiger partial charge in [-0.05, 0) is 6.92 Å². The first kappa shape index (κ1) is 29.8. The predicted octanol–water partition coefficient (Wildman–Crippen LogP) is 3.45. The van der Waals surface area contributed by atoms with Gasteiger partial charge in [-0.2, -0.15) is 0 Å². The van der Waals surface area contributed by atoms with Gasteiger partial charge in [-0.1, -0.05) is 35.9 Å². The van der Waals surface area contributed by atoms with E-state index in [0.717, 1.165) is 0 Å². The van der Waals surface area contributed by atoms with Crippen molar-refractivity contribution in [3.8, 4) is 0 Å². The van der Waals surface area contributed by atoms with Crippen LogP contribution >= 0.6 is 0 Å². The zero-order valence-electron chi connectivity index (χ0n) is 8.63. The lowest BCUT2D eigenvalue weighted by Crippen LogP contribution is -1.62. The summed E-state index contributed by atoms with van der Waals surface area (Å²) in [7, 11) is 0. The minimum atomic E-state index is 0. The molecule has 0 unspecified atom stereocenters. The van der Waals surface area contributed by atoms with Crippen LogP contribution in [0.1, 0.15) is 5.56 Å². The van der Waals surface area contributed by atoms with Crippen LogP contribution in [-0.4, -0.2) is 0 Å². The van der Waals surface area contributed by atoms with E-state index in [0.29, 0.717) is 0 Å². The molecule has 0 aliphatic rings. The molecule has 0 heterocycles. The molecule has 1 aromatic carbocycles. The second kappa shape index (κ2) is 22.4. The lowest BCUT2D eigenvalue weighted by atomic mass is 10.2. The smallest absolute Gasteiger partial charge is 0.0398 e. The van der Waals surface area contributed by atoms with Crippen molar-refractivity contribution in [3.05, 3.63) is 49.1 Å². The summed E-state index contributed by atoms with van der Waals surface area (Å²) in [6.07, 6.45) is 0. The van der Waals surface area contributed by atoms with Gasteiger partial charge in [-0.15, -0.1) is 13.2 Å². The van der Waals surface area contributed by atoms with E-state index in [1.807, 2.05) is 18.2 Å². The minimum absolute atomic E-state index is 0. The highest BCUT2D eigenvalue weighted by molar-refractivity contribution is 5.11. The molecule has 13 heavy (non-hydrogen) atoms. The van der Waals surface area contributed by atoms with Crippen molar-refractivity contribution >= 4 is 0 Å². The van der Waals surface area contributed by atoms with Gasteiger partial charge in [0.05, 0.1) is 0 Å². The van der Waals surface area contributed by atoms with Crippen LogP contribution in [0.2, 0.25) is 0 Å². The van der Waals surface area contributed by atoms with Crippen LogP contribution in [-0.2, 0) is 0 Å². The molecule has 0 aromatic heterocycles. The average molecular weight is 188 g/mol. The highest BCUT2D eigenvalue weighted by Gasteiger charge is 1.72. The van der Waals surface area contributed by atoms with E-state index < -0.39 is 0 Å². The SMILES string of the molecule is C=C.Cc1ccccc1.N.N.N.N. The average Bonchev–Trinajstić information content (AvgIpc) is 1.94. The summed E-state index contributed by atoms with van der Waals surface area (Å²) in [4.78, 5) is 0. The van der Waals surface area contributed by atoms with Crippen LogP contribution in [0.25, 0.3) is 0 Å². The normalized spacial score (nSPS) is 5.00. The Bertz CT molecular complexity index is 153. The standard InChI is InChI=1S/C7H8.C2H4.4H3N/c1-7-5-3-2-4-6-7;1-2;;;;/h2-6H,1H3;1-2H2;4*1H3. The summed E-state index contributed by atoms with van der Waals surface area (Å²) in [6.45, 7) is 8.08. The molecule has 0 atom stereocenters. The van der Waals surface area contributed by atoms with Crippen molar-refractivity contribution in [3.63, 3.8) is 0 Å². The number of hydrogen-bond donors (Lipinski definition) is 4. The summed E-state index contributed by atoms with van der Waals surface area (Å²) >= 11 is 0. The molecule has 0 radical (unpaired) electrons. The molecule has 0 aliphatic carbocycles. The van der Waals surface area contributed by atoms with Crippen molar-refractivity contribution in [1.82, 2.24) is 24.6 Å². The van der Waals surface area contributed by atoms with E-state index in [1.165, 1.54) is 5.56 Å². The lowest BCUT2D eigenvalue weighted by Gasteiger charge is -1.82. The fraction of sp³-hybridized carbons (Fsp3) is 0.111. The molecule has 0 aliphatic heterocycles. The molecule has 0 bridgehead atoms. The van der Waals surface area contributed by atoms with E-state index in [4.69, 9.17) is 0 Å². The third-order valence-corrected chi connectivity index (χ3v) is 0.940. The molecule has 0 saturated heterocycles. The Morgan fingerprint density at radius 2 is 1.08 bits per heavy atom. The maximum atomic E-state index is 3.00. The van der Waals surface area contributed by atoms with E-state index in [1.54, 1.807) is 0 Å². The van der Waals surface area contributed by atoms with E-state index in [-0.39, 0.29) is 24.6 Å². The van der Waals surface area contributed by atoms with Crippen molar-refractivity contribution in [2.45, 2.75) is 6.92 Å². The first-order valence-electron chi connectivity index (χ1n) is 2.91. The Labute approximate surface area is 81.4 Å². The molecule has 0 amide bonds. The zero-order valence-corrected chi connectivity index (χ0v) is 8.63. The van der Waals surface area contributed by atoms with Crippen LogP contribution in [0.3, 0.4) is 0 Å². The highest BCUT2D eigenvalue weighted by atomic mass is 14.0. The summed E-state index contributed by atoms with van der Waals surface area (Å²) < 4.78 is 0. The van der Waals surface area contributed by atoms with E-state index in [2.05, 4.69) is 32.2 Å². The molecule has 4 heteroatoms. The Morgan fingerprint density at radius 3 is 1.23 bits per heavy atom. The quantitative estimate of drug-likeness (QED) is 0.463. The maximum absolute atomic E-state index is 3.00. The largest absolute Gasteiger partial charge is 0.344 e. The topological polar surface area (TPSA) is 140 Å². The monoisotopic (exact) mass is 188 g/mol. The summed E-state index contributed by atoms with van der Waals surface area (Å²) in [5, 5.41) is 0. The van der Waals surface area contributed by atoms with Gasteiger partial charge < -0.3 is 24.6 Å². The third-order valence-electron chi connectivity index (χ3n) is 0.940. The molecule has 0 saturated carbocycles. The molecule has 0 fully saturated rings. The van der Waals surface area contributed by atoms with Gasteiger partial charge in [0.2, 0.25) is 0 Å². The van der Waals surface area contributed by atoms with Gasteiger partial charge in [-0.3, -0.25) is 0 Å². The molecule has 1 rings (SSSR count). The Kier molecular flexibility index (Phi) is 51.4. The first-order valence-corrected chi connectivity index (χ1v) is 2.91. The molecule has 0 spiro atoms. The second-order valence-electron chi connectivity index (χ2n) is 1.65. The van der Waals surface area contributed by atoms with Gasteiger partial charge in [0.15, 0.2) is 0 Å². The van der Waals surface area contributed by atoms with E-state index in [9.17, 15) is 0 Å². The van der Waals surface area contributed by atoms with Gasteiger partial charge in [0.25, 0.3) is 0 Å². The van der Waals surface area contributed by atoms with Crippen LogP contribution in [0.15, 0.2) is 43.5 Å². The van der Waals surface area contributed by atoms with Crippen LogP contribution in [0.4, 0.5) is 0 Å². The summed E-state index contributed by atoms with van der Waals surface area (Å²) in [5.41, 5.74) is 1.32. The molecule has 1 aromatic rings. The first-order chi connectivity index (χ1) is 4.39. The molecular weight excluding hydrogens is 164 g/mol. The van der Waals surface area contributed by atoms with Crippen molar-refractivity contribution in [1.29, 1.82) is 0 Å². The van der Waals surface area contributed by atoms with Crippen molar-refractivity contribution in [2.75, 3.05) is 0 Å². The van der Waals surface area contributed by atoms with Crippen molar-refractivity contribution in [2.24, 2.45) is 0 Å². The molecular formula is C9H24N4. The number of aryl methyl sites for hydroxylation is 1. The number of rotatable bonds is 0. The maximum Gasteiger partial charge on any atom is -0.0398 e. The van der Waals surface area contributed by atoms with Gasteiger partial charge in [0.1, 0.15) is 0 Å². The van der Waals surface area contributed by atoms with Gasteiger partial charge >= 0.3 is 0 Å². The predicted molar refractivity (Wildman–Crippen MR) is 62.5 cm³/mol.